The maximum Gasteiger partial charge on any atom is 0.355 e. The first-order valence-electron chi connectivity index (χ1n) is 4.47. The molecular weight excluding hydrogens is 208 g/mol. The number of carbonyl (C=O) groups is 1. The summed E-state index contributed by atoms with van der Waals surface area (Å²) >= 11 is 0. The number of hydrogen-bond acceptors (Lipinski definition) is 3. The van der Waals surface area contributed by atoms with E-state index in [1.165, 1.54) is 0 Å². The van der Waals surface area contributed by atoms with Crippen molar-refractivity contribution in [2.75, 3.05) is 0 Å². The number of carboxylic acids is 1. The summed E-state index contributed by atoms with van der Waals surface area (Å²) in [5.74, 6) is -3.94. The normalized spacial score (nSPS) is 19.9. The highest BCUT2D eigenvalue weighted by Crippen LogP contribution is 2.43. The minimum atomic E-state index is -2.59. The van der Waals surface area contributed by atoms with Gasteiger partial charge in [0.2, 0.25) is 5.92 Å². The molecule has 2 rings (SSSR count). The van der Waals surface area contributed by atoms with Crippen molar-refractivity contribution in [3.8, 4) is 0 Å². The van der Waals surface area contributed by atoms with Crippen molar-refractivity contribution in [2.24, 2.45) is 5.92 Å². The summed E-state index contributed by atoms with van der Waals surface area (Å²) in [7, 11) is 0. The number of carboxylic acid groups (broad SMARTS) is 1. The lowest BCUT2D eigenvalue weighted by molar-refractivity contribution is -0.114. The highest BCUT2D eigenvalue weighted by Gasteiger charge is 2.45. The molecule has 0 bridgehead atoms. The van der Waals surface area contributed by atoms with Crippen LogP contribution < -0.4 is 0 Å². The molecule has 0 spiro atoms. The van der Waals surface area contributed by atoms with Crippen molar-refractivity contribution in [3.63, 3.8) is 0 Å². The van der Waals surface area contributed by atoms with Crippen LogP contribution in [0.2, 0.25) is 0 Å². The van der Waals surface area contributed by atoms with Crippen molar-refractivity contribution >= 4 is 5.97 Å². The summed E-state index contributed by atoms with van der Waals surface area (Å²) in [5.41, 5.74) is -0.0646. The van der Waals surface area contributed by atoms with E-state index in [1.54, 1.807) is 0 Å². The topological polar surface area (TPSA) is 68.0 Å². The summed E-state index contributed by atoms with van der Waals surface area (Å²) in [4.78, 5) is 10.6. The van der Waals surface area contributed by atoms with Crippen LogP contribution in [0.25, 0.3) is 0 Å². The third kappa shape index (κ3) is 1.95. The number of aromatic nitrogens is 3. The first-order chi connectivity index (χ1) is 6.98. The second-order valence-corrected chi connectivity index (χ2v) is 3.74. The Labute approximate surface area is 83.7 Å². The highest BCUT2D eigenvalue weighted by molar-refractivity contribution is 5.85. The van der Waals surface area contributed by atoms with Gasteiger partial charge in [-0.1, -0.05) is 5.21 Å². The molecule has 1 heterocycles. The average molecular weight is 217 g/mol. The van der Waals surface area contributed by atoms with Crippen LogP contribution in [0.3, 0.4) is 0 Å². The molecule has 1 aliphatic rings. The zero-order valence-electron chi connectivity index (χ0n) is 7.73. The number of alkyl halides is 2. The van der Waals surface area contributed by atoms with Crippen molar-refractivity contribution in [1.82, 2.24) is 15.0 Å². The molecule has 0 unspecified atom stereocenters. The lowest BCUT2D eigenvalue weighted by atomic mass is 9.81. The highest BCUT2D eigenvalue weighted by atomic mass is 19.3. The van der Waals surface area contributed by atoms with Crippen LogP contribution >= 0.6 is 0 Å². The minimum Gasteiger partial charge on any atom is -0.476 e. The monoisotopic (exact) mass is 217 g/mol. The van der Waals surface area contributed by atoms with Gasteiger partial charge in [-0.15, -0.1) is 5.10 Å². The third-order valence-electron chi connectivity index (χ3n) is 2.44. The van der Waals surface area contributed by atoms with Gasteiger partial charge in [0.25, 0.3) is 0 Å². The summed E-state index contributed by atoms with van der Waals surface area (Å²) < 4.78 is 26.2. The van der Waals surface area contributed by atoms with Gasteiger partial charge in [0.05, 0.1) is 6.20 Å². The number of nitrogens with zero attached hydrogens (tertiary/aromatic N) is 3. The summed E-state index contributed by atoms with van der Waals surface area (Å²) in [6, 6.07) is 0. The van der Waals surface area contributed by atoms with Gasteiger partial charge in [0, 0.05) is 19.4 Å². The third-order valence-corrected chi connectivity index (χ3v) is 2.44. The molecule has 1 N–H and O–H groups in total. The summed E-state index contributed by atoms with van der Waals surface area (Å²) in [5, 5.41) is 15.7. The van der Waals surface area contributed by atoms with Gasteiger partial charge in [-0.3, -0.25) is 0 Å². The Morgan fingerprint density at radius 1 is 1.67 bits per heavy atom. The molecule has 15 heavy (non-hydrogen) atoms. The lowest BCUT2D eigenvalue weighted by Gasteiger charge is -2.34. The van der Waals surface area contributed by atoms with Crippen molar-refractivity contribution in [3.05, 3.63) is 11.9 Å². The number of aromatic carboxylic acids is 1. The molecule has 1 fully saturated rings. The molecule has 5 nitrogen and oxygen atoms in total. The second-order valence-electron chi connectivity index (χ2n) is 3.74. The number of halogens is 2. The fourth-order valence-electron chi connectivity index (χ4n) is 1.72. The van der Waals surface area contributed by atoms with E-state index in [-0.39, 0.29) is 31.0 Å². The molecular formula is C8H9F2N3O2. The van der Waals surface area contributed by atoms with Crippen LogP contribution in [-0.4, -0.2) is 32.0 Å². The molecule has 0 atom stereocenters. The van der Waals surface area contributed by atoms with E-state index >= 15 is 0 Å². The summed E-state index contributed by atoms with van der Waals surface area (Å²) in [6.07, 6.45) is 0.705. The molecule has 0 aliphatic heterocycles. The van der Waals surface area contributed by atoms with E-state index in [0.717, 1.165) is 10.9 Å². The quantitative estimate of drug-likeness (QED) is 0.820. The van der Waals surface area contributed by atoms with Crippen molar-refractivity contribution in [1.29, 1.82) is 0 Å². The number of rotatable bonds is 3. The maximum atomic E-state index is 12.5. The Kier molecular flexibility index (Phi) is 2.17. The van der Waals surface area contributed by atoms with Crippen molar-refractivity contribution < 1.29 is 18.7 Å². The predicted octanol–water partition coefficient (Wildman–Crippen LogP) is 1.02. The molecule has 0 aromatic carbocycles. The molecule has 1 aromatic rings. The smallest absolute Gasteiger partial charge is 0.355 e. The van der Waals surface area contributed by atoms with Gasteiger partial charge < -0.3 is 5.11 Å². The maximum absolute atomic E-state index is 12.5. The zero-order chi connectivity index (χ0) is 11.1. The molecule has 7 heteroatoms. The van der Waals surface area contributed by atoms with Gasteiger partial charge >= 0.3 is 5.97 Å². The molecule has 1 saturated carbocycles. The molecule has 1 aromatic heterocycles. The van der Waals surface area contributed by atoms with Gasteiger partial charge in [-0.05, 0) is 5.92 Å². The van der Waals surface area contributed by atoms with Gasteiger partial charge in [0.15, 0.2) is 5.69 Å². The lowest BCUT2D eigenvalue weighted by Crippen LogP contribution is -2.38. The van der Waals surface area contributed by atoms with Crippen LogP contribution in [0, 0.1) is 5.92 Å². The Morgan fingerprint density at radius 2 is 2.33 bits per heavy atom. The van der Waals surface area contributed by atoms with Gasteiger partial charge in [0.1, 0.15) is 0 Å². The average Bonchev–Trinajstić information content (AvgIpc) is 2.48. The van der Waals surface area contributed by atoms with E-state index < -0.39 is 11.9 Å². The largest absolute Gasteiger partial charge is 0.476 e. The molecule has 0 radical (unpaired) electrons. The zero-order valence-corrected chi connectivity index (χ0v) is 7.73. The molecule has 1 aliphatic carbocycles. The SMILES string of the molecule is O=C(O)c1cnnn1CC1CC(F)(F)C1. The Hall–Kier alpha value is -1.53. The van der Waals surface area contributed by atoms with Crippen LogP contribution in [-0.2, 0) is 6.54 Å². The Balaban J connectivity index is 2.00. The number of hydrogen-bond donors (Lipinski definition) is 1. The Bertz CT molecular complexity index is 383. The molecule has 82 valence electrons. The van der Waals surface area contributed by atoms with E-state index in [0.29, 0.717) is 0 Å². The summed E-state index contributed by atoms with van der Waals surface area (Å²) in [6.45, 7) is 0.192. The van der Waals surface area contributed by atoms with Crippen LogP contribution in [0.15, 0.2) is 6.20 Å². The van der Waals surface area contributed by atoms with E-state index in [2.05, 4.69) is 10.3 Å². The van der Waals surface area contributed by atoms with E-state index in [4.69, 9.17) is 5.11 Å². The first-order valence-corrected chi connectivity index (χ1v) is 4.47. The first kappa shape index (κ1) is 10.0. The molecule has 0 saturated heterocycles. The van der Waals surface area contributed by atoms with E-state index in [9.17, 15) is 13.6 Å². The van der Waals surface area contributed by atoms with Gasteiger partial charge in [-0.2, -0.15) is 0 Å². The van der Waals surface area contributed by atoms with Crippen LogP contribution in [0.5, 0.6) is 0 Å². The van der Waals surface area contributed by atoms with Crippen LogP contribution in [0.1, 0.15) is 23.3 Å². The van der Waals surface area contributed by atoms with Gasteiger partial charge in [-0.25, -0.2) is 18.3 Å². The predicted molar refractivity (Wildman–Crippen MR) is 44.7 cm³/mol. The minimum absolute atomic E-state index is 0.0646. The fraction of sp³-hybridized carbons (Fsp3) is 0.625. The fourth-order valence-corrected chi connectivity index (χ4v) is 1.72. The standard InChI is InChI=1S/C8H9F2N3O2/c9-8(10)1-5(2-8)4-13-6(7(14)15)3-11-12-13/h3,5H,1-2,4H2,(H,14,15). The Morgan fingerprint density at radius 3 is 2.87 bits per heavy atom. The van der Waals surface area contributed by atoms with Crippen LogP contribution in [0.4, 0.5) is 8.78 Å². The van der Waals surface area contributed by atoms with Crippen molar-refractivity contribution in [2.45, 2.75) is 25.3 Å². The molecule has 0 amide bonds. The second kappa shape index (κ2) is 3.25. The van der Waals surface area contributed by atoms with E-state index in [1.807, 2.05) is 0 Å².